The summed E-state index contributed by atoms with van der Waals surface area (Å²) in [6.45, 7) is 8.09. The fourth-order valence-electron chi connectivity index (χ4n) is 4.83. The molecule has 4 rings (SSSR count). The highest BCUT2D eigenvalue weighted by Crippen LogP contribution is 2.26. The Balaban J connectivity index is 1.49. The molecule has 2 aromatic carbocycles. The summed E-state index contributed by atoms with van der Waals surface area (Å²) in [5.74, 6) is -0.444. The molecular weight excluding hydrogens is 464 g/mol. The van der Waals surface area contributed by atoms with Gasteiger partial charge in [0.15, 0.2) is 0 Å². The number of rotatable bonds is 8. The van der Waals surface area contributed by atoms with Crippen molar-refractivity contribution in [3.8, 4) is 11.1 Å². The SMILES string of the molecule is CCc1cn(C(C(=O)N2CCC[C@H]2C(=O)N[C@@H](CO)c2ccc(-c3cc#ccc3C)cc2)=C(C)C)cn1. The molecule has 1 saturated heterocycles. The molecule has 2 N–H and O–H groups in total. The fraction of sp³-hybridized carbons (Fsp3) is 0.367. The van der Waals surface area contributed by atoms with E-state index in [1.54, 1.807) is 15.8 Å². The van der Waals surface area contributed by atoms with E-state index in [1.807, 2.05) is 70.3 Å². The van der Waals surface area contributed by atoms with Gasteiger partial charge in [0.1, 0.15) is 11.7 Å². The Morgan fingerprint density at radius 2 is 1.92 bits per heavy atom. The maximum atomic E-state index is 13.6. The predicted molar refractivity (Wildman–Crippen MR) is 143 cm³/mol. The van der Waals surface area contributed by atoms with E-state index in [1.165, 1.54) is 0 Å². The van der Waals surface area contributed by atoms with Gasteiger partial charge < -0.3 is 19.9 Å². The van der Waals surface area contributed by atoms with E-state index in [-0.39, 0.29) is 18.4 Å². The van der Waals surface area contributed by atoms with Crippen LogP contribution in [0.1, 0.15) is 56.5 Å². The van der Waals surface area contributed by atoms with Crippen molar-refractivity contribution in [2.45, 2.75) is 59.0 Å². The lowest BCUT2D eigenvalue weighted by Crippen LogP contribution is -2.48. The van der Waals surface area contributed by atoms with E-state index in [0.29, 0.717) is 18.7 Å². The number of hydrogen-bond acceptors (Lipinski definition) is 4. The average Bonchev–Trinajstić information content (AvgIpc) is 3.58. The van der Waals surface area contributed by atoms with Gasteiger partial charge in [-0.2, -0.15) is 0 Å². The second-order valence-electron chi connectivity index (χ2n) is 9.67. The Kier molecular flexibility index (Phi) is 8.10. The van der Waals surface area contributed by atoms with Gasteiger partial charge in [-0.25, -0.2) is 4.98 Å². The number of nitrogens with zero attached hydrogens (tertiary/aromatic N) is 3. The van der Waals surface area contributed by atoms with Crippen molar-refractivity contribution in [1.29, 1.82) is 0 Å². The summed E-state index contributed by atoms with van der Waals surface area (Å²) in [4.78, 5) is 33.0. The quantitative estimate of drug-likeness (QED) is 0.458. The molecule has 7 heteroatoms. The summed E-state index contributed by atoms with van der Waals surface area (Å²) in [6.07, 6.45) is 5.62. The van der Waals surface area contributed by atoms with Gasteiger partial charge in [-0.1, -0.05) is 43.3 Å². The zero-order valence-electron chi connectivity index (χ0n) is 21.9. The molecule has 1 aliphatic heterocycles. The van der Waals surface area contributed by atoms with Crippen LogP contribution < -0.4 is 5.32 Å². The molecule has 192 valence electrons. The van der Waals surface area contributed by atoms with Gasteiger partial charge in [0.25, 0.3) is 5.91 Å². The van der Waals surface area contributed by atoms with Crippen molar-refractivity contribution in [2.24, 2.45) is 0 Å². The first-order chi connectivity index (χ1) is 17.8. The largest absolute Gasteiger partial charge is 0.394 e. The molecule has 0 aliphatic carbocycles. The predicted octanol–water partition coefficient (Wildman–Crippen LogP) is 4.11. The molecule has 37 heavy (non-hydrogen) atoms. The zero-order valence-corrected chi connectivity index (χ0v) is 21.9. The summed E-state index contributed by atoms with van der Waals surface area (Å²) in [7, 11) is 0. The molecule has 2 atom stereocenters. The number of imidazole rings is 1. The van der Waals surface area contributed by atoms with Gasteiger partial charge in [0, 0.05) is 12.7 Å². The molecule has 1 aliphatic rings. The highest BCUT2D eigenvalue weighted by atomic mass is 16.3. The van der Waals surface area contributed by atoms with Crippen molar-refractivity contribution in [1.82, 2.24) is 19.8 Å². The highest BCUT2D eigenvalue weighted by molar-refractivity contribution is 6.15. The molecule has 7 nitrogen and oxygen atoms in total. The number of nitrogens with one attached hydrogen (secondary N) is 1. The first-order valence-corrected chi connectivity index (χ1v) is 12.8. The van der Waals surface area contributed by atoms with Crippen LogP contribution in [0.3, 0.4) is 0 Å². The van der Waals surface area contributed by atoms with Crippen LogP contribution in [-0.2, 0) is 16.0 Å². The standard InChI is InChI=1S/C30H34N4O3/c1-5-24-17-33(19-31-24)28(20(2)3)30(37)34-16-8-11-27(34)29(36)32-26(18-35)23-14-12-22(13-15-23)25-10-7-6-9-21(25)4/h9-10,12-15,17,19,26-27,35H,5,8,11,16,18H2,1-4H3,(H,32,36)/t26-,27-/m0/s1. The normalized spacial score (nSPS) is 15.7. The molecule has 0 unspecified atom stereocenters. The average molecular weight is 499 g/mol. The van der Waals surface area contributed by atoms with Crippen LogP contribution in [0.15, 0.2) is 54.5 Å². The number of amides is 2. The van der Waals surface area contributed by atoms with Gasteiger partial charge >= 0.3 is 0 Å². The smallest absolute Gasteiger partial charge is 0.271 e. The van der Waals surface area contributed by atoms with Crippen LogP contribution in [0, 0.1) is 19.1 Å². The third kappa shape index (κ3) is 5.60. The first kappa shape index (κ1) is 26.2. The number of hydrogen-bond donors (Lipinski definition) is 2. The molecular formula is C30H34N4O3. The molecule has 0 radical (unpaired) electrons. The minimum Gasteiger partial charge on any atom is -0.394 e. The number of allylic oxidation sites excluding steroid dienone is 1. The van der Waals surface area contributed by atoms with Gasteiger partial charge in [-0.05, 0) is 80.0 Å². The van der Waals surface area contributed by atoms with E-state index in [4.69, 9.17) is 0 Å². The Morgan fingerprint density at radius 1 is 1.19 bits per heavy atom. The van der Waals surface area contributed by atoms with Crippen molar-refractivity contribution < 1.29 is 14.7 Å². The Morgan fingerprint density at radius 3 is 2.54 bits per heavy atom. The van der Waals surface area contributed by atoms with Crippen LogP contribution >= 0.6 is 0 Å². The minimum atomic E-state index is -0.594. The lowest BCUT2D eigenvalue weighted by molar-refractivity contribution is -0.135. The van der Waals surface area contributed by atoms with Crippen LogP contribution in [0.5, 0.6) is 0 Å². The maximum absolute atomic E-state index is 13.6. The summed E-state index contributed by atoms with van der Waals surface area (Å²) in [6, 6.07) is 16.3. The van der Waals surface area contributed by atoms with Crippen LogP contribution in [0.2, 0.25) is 0 Å². The van der Waals surface area contributed by atoms with E-state index >= 15 is 0 Å². The number of aryl methyl sites for hydroxylation is 2. The van der Waals surface area contributed by atoms with E-state index in [0.717, 1.165) is 46.4 Å². The summed E-state index contributed by atoms with van der Waals surface area (Å²) >= 11 is 0. The van der Waals surface area contributed by atoms with Gasteiger partial charge in [-0.3, -0.25) is 9.59 Å². The lowest BCUT2D eigenvalue weighted by Gasteiger charge is -2.27. The van der Waals surface area contributed by atoms with Crippen molar-refractivity contribution in [3.05, 3.63) is 83.4 Å². The number of likely N-dealkylation sites (tertiary alicyclic amines) is 1. The van der Waals surface area contributed by atoms with E-state index < -0.39 is 12.1 Å². The molecule has 0 spiro atoms. The Labute approximate surface area is 218 Å². The van der Waals surface area contributed by atoms with Gasteiger partial charge in [-0.15, -0.1) is 0 Å². The fourth-order valence-corrected chi connectivity index (χ4v) is 4.83. The lowest BCUT2D eigenvalue weighted by atomic mass is 9.98. The molecule has 1 aromatic heterocycles. The number of benzene rings is 1. The topological polar surface area (TPSA) is 87.5 Å². The van der Waals surface area contributed by atoms with Crippen LogP contribution in [0.25, 0.3) is 16.8 Å². The minimum absolute atomic E-state index is 0.185. The number of carbonyl (C=O) groups excluding carboxylic acids is 2. The Bertz CT molecular complexity index is 1290. The molecule has 0 saturated carbocycles. The monoisotopic (exact) mass is 498 g/mol. The van der Waals surface area contributed by atoms with Crippen molar-refractivity contribution >= 4 is 17.5 Å². The molecule has 0 bridgehead atoms. The second kappa shape index (κ2) is 11.4. The van der Waals surface area contributed by atoms with Gasteiger partial charge in [0.05, 0.1) is 24.7 Å². The summed E-state index contributed by atoms with van der Waals surface area (Å²) < 4.78 is 1.76. The van der Waals surface area contributed by atoms with Crippen LogP contribution in [0.4, 0.5) is 0 Å². The maximum Gasteiger partial charge on any atom is 0.271 e. The van der Waals surface area contributed by atoms with Crippen molar-refractivity contribution in [2.75, 3.05) is 13.2 Å². The number of carbonyl (C=O) groups is 2. The second-order valence-corrected chi connectivity index (χ2v) is 9.67. The number of aromatic nitrogens is 2. The third-order valence-corrected chi connectivity index (χ3v) is 6.89. The zero-order chi connectivity index (χ0) is 26.5. The summed E-state index contributed by atoms with van der Waals surface area (Å²) in [5.41, 5.74) is 6.27. The summed E-state index contributed by atoms with van der Waals surface area (Å²) in [5, 5.41) is 13.1. The molecule has 2 amide bonds. The first-order valence-electron chi connectivity index (χ1n) is 12.8. The van der Waals surface area contributed by atoms with Gasteiger partial charge in [0.2, 0.25) is 5.91 Å². The number of aliphatic hydroxyl groups is 1. The molecule has 2 heterocycles. The third-order valence-electron chi connectivity index (χ3n) is 6.89. The highest BCUT2D eigenvalue weighted by Gasteiger charge is 2.37. The Hall–Kier alpha value is -3.89. The van der Waals surface area contributed by atoms with Crippen molar-refractivity contribution in [3.63, 3.8) is 0 Å². The molecule has 1 fully saturated rings. The van der Waals surface area contributed by atoms with Crippen LogP contribution in [-0.4, -0.2) is 50.6 Å². The van der Waals surface area contributed by atoms with E-state index in [2.05, 4.69) is 22.4 Å². The molecule has 3 aromatic rings. The van der Waals surface area contributed by atoms with E-state index in [9.17, 15) is 14.7 Å². The number of aliphatic hydroxyl groups excluding tert-OH is 1.